The second-order valence-electron chi connectivity index (χ2n) is 6.75. The first-order valence-electron chi connectivity index (χ1n) is 8.44. The highest BCUT2D eigenvalue weighted by Crippen LogP contribution is 2.33. The Bertz CT molecular complexity index is 789. The van der Waals surface area contributed by atoms with Crippen LogP contribution in [0.15, 0.2) is 24.4 Å². The van der Waals surface area contributed by atoms with Gasteiger partial charge in [0, 0.05) is 18.2 Å². The fourth-order valence-electron chi connectivity index (χ4n) is 2.96. The van der Waals surface area contributed by atoms with Gasteiger partial charge in [-0.1, -0.05) is 0 Å². The standard InChI is InChI=1S/C19H24N4O2/c1-12-9-20-13(2)19(22-12)14-5-6-17-15(7-14)8-16(25-17)10-21-18(24)11-23(3)4/h5-7,9,16H,8,10-11H2,1-4H3,(H,21,24). The molecule has 1 amide bonds. The van der Waals surface area contributed by atoms with Crippen molar-refractivity contribution >= 4 is 5.91 Å². The molecule has 0 saturated heterocycles. The molecule has 0 fully saturated rings. The number of amides is 1. The van der Waals surface area contributed by atoms with Gasteiger partial charge in [0.2, 0.25) is 5.91 Å². The van der Waals surface area contributed by atoms with Crippen molar-refractivity contribution < 1.29 is 9.53 Å². The van der Waals surface area contributed by atoms with Crippen LogP contribution in [0.1, 0.15) is 17.0 Å². The highest BCUT2D eigenvalue weighted by Gasteiger charge is 2.24. The molecule has 2 heterocycles. The van der Waals surface area contributed by atoms with Crippen LogP contribution in [0.4, 0.5) is 0 Å². The number of nitrogens with zero attached hydrogens (tertiary/aromatic N) is 3. The van der Waals surface area contributed by atoms with E-state index in [0.29, 0.717) is 13.1 Å². The molecule has 0 radical (unpaired) electrons. The van der Waals surface area contributed by atoms with Gasteiger partial charge < -0.3 is 15.0 Å². The van der Waals surface area contributed by atoms with Crippen molar-refractivity contribution in [3.8, 4) is 17.0 Å². The summed E-state index contributed by atoms with van der Waals surface area (Å²) in [5.74, 6) is 0.893. The number of hydrogen-bond acceptors (Lipinski definition) is 5. The molecule has 1 atom stereocenters. The van der Waals surface area contributed by atoms with Gasteiger partial charge in [0.05, 0.1) is 30.2 Å². The molecule has 1 aromatic heterocycles. The minimum atomic E-state index is -0.0268. The Hall–Kier alpha value is -2.47. The number of ether oxygens (including phenoxy) is 1. The number of benzene rings is 1. The molecule has 1 aromatic carbocycles. The van der Waals surface area contributed by atoms with Gasteiger partial charge in [-0.05, 0) is 51.7 Å². The summed E-state index contributed by atoms with van der Waals surface area (Å²) in [6, 6.07) is 6.12. The highest BCUT2D eigenvalue weighted by atomic mass is 16.5. The molecule has 1 aliphatic heterocycles. The lowest BCUT2D eigenvalue weighted by molar-refractivity contribution is -0.122. The fourth-order valence-corrected chi connectivity index (χ4v) is 2.96. The molecule has 0 spiro atoms. The molecule has 0 bridgehead atoms. The van der Waals surface area contributed by atoms with Crippen molar-refractivity contribution in [3.63, 3.8) is 0 Å². The predicted molar refractivity (Wildman–Crippen MR) is 96.6 cm³/mol. The van der Waals surface area contributed by atoms with Crippen molar-refractivity contribution in [3.05, 3.63) is 41.3 Å². The Balaban J connectivity index is 1.68. The van der Waals surface area contributed by atoms with E-state index in [1.807, 2.05) is 45.0 Å². The Morgan fingerprint density at radius 1 is 1.36 bits per heavy atom. The van der Waals surface area contributed by atoms with E-state index < -0.39 is 0 Å². The first kappa shape index (κ1) is 17.4. The van der Waals surface area contributed by atoms with Crippen LogP contribution in [-0.2, 0) is 11.2 Å². The smallest absolute Gasteiger partial charge is 0.234 e. The average Bonchev–Trinajstić information content (AvgIpc) is 2.96. The molecule has 3 rings (SSSR count). The molecule has 6 heteroatoms. The van der Waals surface area contributed by atoms with Gasteiger partial charge >= 0.3 is 0 Å². The number of rotatable bonds is 5. The number of carbonyl (C=O) groups excluding carboxylic acids is 1. The zero-order valence-electron chi connectivity index (χ0n) is 15.2. The monoisotopic (exact) mass is 340 g/mol. The van der Waals surface area contributed by atoms with E-state index in [-0.39, 0.29) is 12.0 Å². The Morgan fingerprint density at radius 2 is 2.16 bits per heavy atom. The van der Waals surface area contributed by atoms with E-state index in [0.717, 1.165) is 40.4 Å². The van der Waals surface area contributed by atoms with Gasteiger partial charge in [-0.2, -0.15) is 0 Å². The summed E-state index contributed by atoms with van der Waals surface area (Å²) in [6.07, 6.45) is 2.53. The number of fused-ring (bicyclic) bond motifs is 1. The second kappa shape index (κ2) is 7.19. The van der Waals surface area contributed by atoms with Crippen molar-refractivity contribution in [2.24, 2.45) is 0 Å². The third-order valence-corrected chi connectivity index (χ3v) is 4.14. The Labute approximate surface area is 148 Å². The maximum atomic E-state index is 11.8. The van der Waals surface area contributed by atoms with E-state index in [2.05, 4.69) is 21.4 Å². The van der Waals surface area contributed by atoms with Crippen LogP contribution in [-0.4, -0.2) is 54.1 Å². The SMILES string of the molecule is Cc1cnc(C)c(-c2ccc3c(c2)CC(CNC(=O)CN(C)C)O3)n1. The quantitative estimate of drug-likeness (QED) is 0.898. The third-order valence-electron chi connectivity index (χ3n) is 4.14. The van der Waals surface area contributed by atoms with Crippen molar-refractivity contribution in [1.82, 2.24) is 20.2 Å². The van der Waals surface area contributed by atoms with Crippen LogP contribution >= 0.6 is 0 Å². The summed E-state index contributed by atoms with van der Waals surface area (Å²) in [5.41, 5.74) is 4.92. The zero-order valence-corrected chi connectivity index (χ0v) is 15.2. The average molecular weight is 340 g/mol. The molecular formula is C19H24N4O2. The summed E-state index contributed by atoms with van der Waals surface area (Å²) >= 11 is 0. The van der Waals surface area contributed by atoms with Gasteiger partial charge in [0.25, 0.3) is 0 Å². The van der Waals surface area contributed by atoms with Crippen LogP contribution in [0.2, 0.25) is 0 Å². The highest BCUT2D eigenvalue weighted by molar-refractivity contribution is 5.78. The fraction of sp³-hybridized carbons (Fsp3) is 0.421. The van der Waals surface area contributed by atoms with Crippen molar-refractivity contribution in [1.29, 1.82) is 0 Å². The molecule has 1 N–H and O–H groups in total. The maximum absolute atomic E-state index is 11.8. The molecule has 2 aromatic rings. The third kappa shape index (κ3) is 4.14. The summed E-state index contributed by atoms with van der Waals surface area (Å²) in [4.78, 5) is 22.6. The molecule has 1 aliphatic rings. The zero-order chi connectivity index (χ0) is 18.0. The number of likely N-dealkylation sites (N-methyl/N-ethyl adjacent to an activating group) is 1. The number of nitrogens with one attached hydrogen (secondary N) is 1. The normalized spacial score (nSPS) is 15.8. The van der Waals surface area contributed by atoms with E-state index in [1.165, 1.54) is 0 Å². The van der Waals surface area contributed by atoms with Crippen molar-refractivity contribution in [2.75, 3.05) is 27.2 Å². The van der Waals surface area contributed by atoms with Crippen LogP contribution < -0.4 is 10.1 Å². The lowest BCUT2D eigenvalue weighted by Gasteiger charge is -2.13. The van der Waals surface area contributed by atoms with Gasteiger partial charge in [-0.3, -0.25) is 9.78 Å². The number of aryl methyl sites for hydroxylation is 2. The molecule has 0 aliphatic carbocycles. The number of carbonyl (C=O) groups is 1. The summed E-state index contributed by atoms with van der Waals surface area (Å²) in [6.45, 7) is 4.81. The molecule has 25 heavy (non-hydrogen) atoms. The van der Waals surface area contributed by atoms with Gasteiger partial charge in [-0.25, -0.2) is 4.98 Å². The van der Waals surface area contributed by atoms with Gasteiger partial charge in [-0.15, -0.1) is 0 Å². The second-order valence-corrected chi connectivity index (χ2v) is 6.75. The van der Waals surface area contributed by atoms with E-state index in [9.17, 15) is 4.79 Å². The molecule has 6 nitrogen and oxygen atoms in total. The minimum Gasteiger partial charge on any atom is -0.488 e. The van der Waals surface area contributed by atoms with Crippen LogP contribution in [0, 0.1) is 13.8 Å². The van der Waals surface area contributed by atoms with Crippen molar-refractivity contribution in [2.45, 2.75) is 26.4 Å². The number of hydrogen-bond donors (Lipinski definition) is 1. The van der Waals surface area contributed by atoms with Crippen LogP contribution in [0.3, 0.4) is 0 Å². The van der Waals surface area contributed by atoms with E-state index in [4.69, 9.17) is 4.74 Å². The molecule has 1 unspecified atom stereocenters. The lowest BCUT2D eigenvalue weighted by Crippen LogP contribution is -2.39. The number of aromatic nitrogens is 2. The molecule has 132 valence electrons. The Kier molecular flexibility index (Phi) is 4.99. The first-order valence-corrected chi connectivity index (χ1v) is 8.44. The maximum Gasteiger partial charge on any atom is 0.234 e. The van der Waals surface area contributed by atoms with E-state index >= 15 is 0 Å². The minimum absolute atomic E-state index is 0.0101. The summed E-state index contributed by atoms with van der Waals surface area (Å²) in [5, 5.41) is 2.93. The van der Waals surface area contributed by atoms with Crippen LogP contribution in [0.25, 0.3) is 11.3 Å². The largest absolute Gasteiger partial charge is 0.488 e. The molecule has 0 saturated carbocycles. The summed E-state index contributed by atoms with van der Waals surface area (Å²) in [7, 11) is 3.75. The van der Waals surface area contributed by atoms with E-state index in [1.54, 1.807) is 6.20 Å². The molecular weight excluding hydrogens is 316 g/mol. The lowest BCUT2D eigenvalue weighted by atomic mass is 10.0. The predicted octanol–water partition coefficient (Wildman–Crippen LogP) is 1.74. The Morgan fingerprint density at radius 3 is 2.92 bits per heavy atom. The van der Waals surface area contributed by atoms with Crippen LogP contribution in [0.5, 0.6) is 5.75 Å². The summed E-state index contributed by atoms with van der Waals surface area (Å²) < 4.78 is 5.94. The first-order chi connectivity index (χ1) is 11.9. The topological polar surface area (TPSA) is 67.4 Å². The van der Waals surface area contributed by atoms with Gasteiger partial charge in [0.15, 0.2) is 0 Å². The van der Waals surface area contributed by atoms with Gasteiger partial charge in [0.1, 0.15) is 11.9 Å².